The Balaban J connectivity index is 1.78. The molecule has 1 aliphatic heterocycles. The fourth-order valence-corrected chi connectivity index (χ4v) is 3.64. The Morgan fingerprint density at radius 1 is 1.33 bits per heavy atom. The van der Waals surface area contributed by atoms with E-state index in [2.05, 4.69) is 19.2 Å². The number of amides is 2. The number of hydrogen-bond donors (Lipinski definition) is 2. The number of hydrogen-bond acceptors (Lipinski definition) is 2. The van der Waals surface area contributed by atoms with E-state index in [1.54, 1.807) is 0 Å². The summed E-state index contributed by atoms with van der Waals surface area (Å²) in [6, 6.07) is 0.338. The third-order valence-electron chi connectivity index (χ3n) is 4.87. The molecule has 2 fully saturated rings. The van der Waals surface area contributed by atoms with E-state index in [-0.39, 0.29) is 12.5 Å². The van der Waals surface area contributed by atoms with Gasteiger partial charge in [-0.2, -0.15) is 0 Å². The minimum absolute atomic E-state index is 0.0396. The summed E-state index contributed by atoms with van der Waals surface area (Å²) in [4.78, 5) is 24.9. The number of rotatable bonds is 4. The molecule has 0 aromatic heterocycles. The van der Waals surface area contributed by atoms with Crippen molar-refractivity contribution in [2.45, 2.75) is 64.8 Å². The van der Waals surface area contributed by atoms with E-state index in [0.717, 1.165) is 32.2 Å². The highest BCUT2D eigenvalue weighted by molar-refractivity contribution is 5.74. The summed E-state index contributed by atoms with van der Waals surface area (Å²) < 4.78 is 0. The van der Waals surface area contributed by atoms with Crippen molar-refractivity contribution in [3.8, 4) is 0 Å². The van der Waals surface area contributed by atoms with Gasteiger partial charge in [-0.05, 0) is 49.9 Å². The average molecular weight is 296 g/mol. The number of urea groups is 1. The molecule has 0 spiro atoms. The molecule has 5 heteroatoms. The molecule has 2 atom stereocenters. The number of likely N-dealkylation sites (tertiary alicyclic amines) is 1. The number of carboxylic acids is 1. The Morgan fingerprint density at radius 3 is 2.71 bits per heavy atom. The number of nitrogens with one attached hydrogen (secondary N) is 1. The standard InChI is InChI=1S/C16H28N2O3/c1-16(2)8-7-13(10-16)17-15(21)18-9-3-4-12(11-18)5-6-14(19)20/h12-13H,3-11H2,1-2H3,(H,17,21)(H,19,20). The molecule has 2 rings (SSSR count). The van der Waals surface area contributed by atoms with E-state index in [1.165, 1.54) is 6.42 Å². The predicted octanol–water partition coefficient (Wildman–Crippen LogP) is 2.85. The van der Waals surface area contributed by atoms with Gasteiger partial charge in [-0.1, -0.05) is 13.8 Å². The number of piperidine rings is 1. The second-order valence-corrected chi connectivity index (χ2v) is 7.44. The molecule has 1 saturated heterocycles. The maximum absolute atomic E-state index is 12.3. The van der Waals surface area contributed by atoms with E-state index in [1.807, 2.05) is 4.90 Å². The minimum atomic E-state index is -0.746. The maximum Gasteiger partial charge on any atom is 0.317 e. The summed E-state index contributed by atoms with van der Waals surface area (Å²) in [5, 5.41) is 11.9. The van der Waals surface area contributed by atoms with E-state index >= 15 is 0 Å². The molecule has 1 heterocycles. The zero-order chi connectivity index (χ0) is 15.5. The first-order chi connectivity index (χ1) is 9.85. The molecular weight excluding hydrogens is 268 g/mol. The van der Waals surface area contributed by atoms with Gasteiger partial charge in [0.15, 0.2) is 0 Å². The van der Waals surface area contributed by atoms with Crippen molar-refractivity contribution in [1.82, 2.24) is 10.2 Å². The molecule has 2 unspecified atom stereocenters. The van der Waals surface area contributed by atoms with Crippen LogP contribution in [0.1, 0.15) is 58.8 Å². The van der Waals surface area contributed by atoms with E-state index in [4.69, 9.17) is 5.11 Å². The number of carboxylic acid groups (broad SMARTS) is 1. The van der Waals surface area contributed by atoms with Crippen LogP contribution in [0.15, 0.2) is 0 Å². The van der Waals surface area contributed by atoms with Gasteiger partial charge in [0, 0.05) is 25.6 Å². The van der Waals surface area contributed by atoms with Crippen LogP contribution >= 0.6 is 0 Å². The van der Waals surface area contributed by atoms with Crippen LogP contribution in [-0.2, 0) is 4.79 Å². The molecule has 1 saturated carbocycles. The first-order valence-corrected chi connectivity index (χ1v) is 8.13. The maximum atomic E-state index is 12.3. The van der Waals surface area contributed by atoms with Crippen LogP contribution in [0.3, 0.4) is 0 Å². The Morgan fingerprint density at radius 2 is 2.10 bits per heavy atom. The van der Waals surface area contributed by atoms with Gasteiger partial charge in [0.25, 0.3) is 0 Å². The Bertz CT molecular complexity index is 395. The molecule has 2 aliphatic rings. The van der Waals surface area contributed by atoms with Crippen LogP contribution in [0.5, 0.6) is 0 Å². The molecule has 0 aromatic carbocycles. The SMILES string of the molecule is CC1(C)CCC(NC(=O)N2CCCC(CCC(=O)O)C2)C1. The van der Waals surface area contributed by atoms with Crippen LogP contribution in [0.2, 0.25) is 0 Å². The first-order valence-electron chi connectivity index (χ1n) is 8.13. The van der Waals surface area contributed by atoms with Crippen LogP contribution in [-0.4, -0.2) is 41.1 Å². The summed E-state index contributed by atoms with van der Waals surface area (Å²) in [7, 11) is 0. The number of carbonyl (C=O) groups excluding carboxylic acids is 1. The zero-order valence-electron chi connectivity index (χ0n) is 13.2. The number of nitrogens with zero attached hydrogens (tertiary/aromatic N) is 1. The van der Waals surface area contributed by atoms with Gasteiger partial charge >= 0.3 is 12.0 Å². The highest BCUT2D eigenvalue weighted by atomic mass is 16.4. The lowest BCUT2D eigenvalue weighted by Gasteiger charge is -2.33. The van der Waals surface area contributed by atoms with Crippen LogP contribution in [0.25, 0.3) is 0 Å². The lowest BCUT2D eigenvalue weighted by atomic mass is 9.92. The minimum Gasteiger partial charge on any atom is -0.481 e. The largest absolute Gasteiger partial charge is 0.481 e. The van der Waals surface area contributed by atoms with Crippen molar-refractivity contribution >= 4 is 12.0 Å². The molecule has 2 N–H and O–H groups in total. The summed E-state index contributed by atoms with van der Waals surface area (Å²) in [6.45, 7) is 6.00. The van der Waals surface area contributed by atoms with Gasteiger partial charge < -0.3 is 15.3 Å². The van der Waals surface area contributed by atoms with Gasteiger partial charge in [0.2, 0.25) is 0 Å². The summed E-state index contributed by atoms with van der Waals surface area (Å²) in [5.41, 5.74) is 0.337. The van der Waals surface area contributed by atoms with Crippen molar-refractivity contribution in [3.05, 3.63) is 0 Å². The molecule has 120 valence electrons. The fraction of sp³-hybridized carbons (Fsp3) is 0.875. The lowest BCUT2D eigenvalue weighted by molar-refractivity contribution is -0.137. The monoisotopic (exact) mass is 296 g/mol. The molecule has 0 radical (unpaired) electrons. The lowest BCUT2D eigenvalue weighted by Crippen LogP contribution is -2.48. The second-order valence-electron chi connectivity index (χ2n) is 7.44. The summed E-state index contributed by atoms with van der Waals surface area (Å²) in [5.74, 6) is -0.412. The average Bonchev–Trinajstić information content (AvgIpc) is 2.76. The Labute approximate surface area is 127 Å². The fourth-order valence-electron chi connectivity index (χ4n) is 3.64. The van der Waals surface area contributed by atoms with Crippen molar-refractivity contribution < 1.29 is 14.7 Å². The second kappa shape index (κ2) is 6.67. The normalized spacial score (nSPS) is 28.4. The van der Waals surface area contributed by atoms with E-state index in [9.17, 15) is 9.59 Å². The molecular formula is C16H28N2O3. The predicted molar refractivity (Wildman–Crippen MR) is 81.1 cm³/mol. The molecule has 2 amide bonds. The molecule has 21 heavy (non-hydrogen) atoms. The van der Waals surface area contributed by atoms with Gasteiger partial charge in [-0.15, -0.1) is 0 Å². The summed E-state index contributed by atoms with van der Waals surface area (Å²) in [6.07, 6.45) is 6.18. The Kier molecular flexibility index (Phi) is 5.12. The van der Waals surface area contributed by atoms with Crippen molar-refractivity contribution in [2.24, 2.45) is 11.3 Å². The number of carbonyl (C=O) groups is 2. The first kappa shape index (κ1) is 16.1. The quantitative estimate of drug-likeness (QED) is 0.838. The van der Waals surface area contributed by atoms with Gasteiger partial charge in [0.1, 0.15) is 0 Å². The summed E-state index contributed by atoms with van der Waals surface area (Å²) >= 11 is 0. The zero-order valence-corrected chi connectivity index (χ0v) is 13.2. The van der Waals surface area contributed by atoms with Gasteiger partial charge in [-0.25, -0.2) is 4.79 Å². The molecule has 0 aromatic rings. The van der Waals surface area contributed by atoms with Gasteiger partial charge in [0.05, 0.1) is 0 Å². The number of aliphatic carboxylic acids is 1. The highest BCUT2D eigenvalue weighted by Gasteiger charge is 2.33. The highest BCUT2D eigenvalue weighted by Crippen LogP contribution is 2.37. The Hall–Kier alpha value is -1.26. The molecule has 0 bridgehead atoms. The molecule has 5 nitrogen and oxygen atoms in total. The molecule has 1 aliphatic carbocycles. The van der Waals surface area contributed by atoms with Crippen molar-refractivity contribution in [2.75, 3.05) is 13.1 Å². The third-order valence-corrected chi connectivity index (χ3v) is 4.87. The van der Waals surface area contributed by atoms with Crippen molar-refractivity contribution in [3.63, 3.8) is 0 Å². The van der Waals surface area contributed by atoms with E-state index < -0.39 is 5.97 Å². The smallest absolute Gasteiger partial charge is 0.317 e. The van der Waals surface area contributed by atoms with Crippen LogP contribution in [0.4, 0.5) is 4.79 Å². The van der Waals surface area contributed by atoms with Gasteiger partial charge in [-0.3, -0.25) is 4.79 Å². The van der Waals surface area contributed by atoms with Crippen molar-refractivity contribution in [1.29, 1.82) is 0 Å². The topological polar surface area (TPSA) is 69.6 Å². The third kappa shape index (κ3) is 4.90. The van der Waals surface area contributed by atoms with Crippen LogP contribution in [0, 0.1) is 11.3 Å². The van der Waals surface area contributed by atoms with E-state index in [0.29, 0.717) is 30.3 Å². The van der Waals surface area contributed by atoms with Crippen LogP contribution < -0.4 is 5.32 Å².